The third kappa shape index (κ3) is 4.06. The Morgan fingerprint density at radius 1 is 0.931 bits per heavy atom. The molecule has 146 valence electrons. The number of nitrogens with zero attached hydrogens (tertiary/aromatic N) is 1. The van der Waals surface area contributed by atoms with Gasteiger partial charge in [0.05, 0.1) is 0 Å². The standard InChI is InChI=1S/C25H24N2O2/c1-18(28)27-15-14-21-16-22(12-13-24(21)27)25(29)26-17-23(19-8-4-2-5-9-19)20-10-6-3-7-11-20/h2-13,16,23H,14-15,17H2,1H3,(H,26,29). The van der Waals surface area contributed by atoms with Crippen LogP contribution in [0.25, 0.3) is 0 Å². The summed E-state index contributed by atoms with van der Waals surface area (Å²) in [6.07, 6.45) is 0.784. The highest BCUT2D eigenvalue weighted by Gasteiger charge is 2.23. The summed E-state index contributed by atoms with van der Waals surface area (Å²) in [6, 6.07) is 26.0. The maximum atomic E-state index is 12.8. The van der Waals surface area contributed by atoms with Gasteiger partial charge >= 0.3 is 0 Å². The molecular formula is C25H24N2O2. The van der Waals surface area contributed by atoms with E-state index in [1.165, 1.54) is 11.1 Å². The lowest BCUT2D eigenvalue weighted by molar-refractivity contribution is -0.116. The molecule has 0 bridgehead atoms. The highest BCUT2D eigenvalue weighted by molar-refractivity contribution is 5.97. The van der Waals surface area contributed by atoms with Crippen molar-refractivity contribution in [2.24, 2.45) is 0 Å². The summed E-state index contributed by atoms with van der Waals surface area (Å²) in [7, 11) is 0. The van der Waals surface area contributed by atoms with Gasteiger partial charge in [-0.05, 0) is 41.3 Å². The summed E-state index contributed by atoms with van der Waals surface area (Å²) in [5, 5.41) is 3.10. The Balaban J connectivity index is 1.51. The normalized spacial score (nSPS) is 12.7. The minimum absolute atomic E-state index is 0.0366. The van der Waals surface area contributed by atoms with E-state index >= 15 is 0 Å². The van der Waals surface area contributed by atoms with Crippen molar-refractivity contribution in [1.29, 1.82) is 0 Å². The van der Waals surface area contributed by atoms with Crippen LogP contribution in [0.2, 0.25) is 0 Å². The second-order valence-corrected chi connectivity index (χ2v) is 7.35. The third-order valence-corrected chi connectivity index (χ3v) is 5.49. The van der Waals surface area contributed by atoms with Crippen molar-refractivity contribution >= 4 is 17.5 Å². The van der Waals surface area contributed by atoms with Crippen LogP contribution in [-0.2, 0) is 11.2 Å². The molecule has 2 amide bonds. The molecular weight excluding hydrogens is 360 g/mol. The van der Waals surface area contributed by atoms with Crippen molar-refractivity contribution in [2.75, 3.05) is 18.0 Å². The maximum absolute atomic E-state index is 12.8. The first-order valence-corrected chi connectivity index (χ1v) is 9.92. The van der Waals surface area contributed by atoms with Crippen molar-refractivity contribution in [3.63, 3.8) is 0 Å². The Morgan fingerprint density at radius 3 is 2.14 bits per heavy atom. The number of fused-ring (bicyclic) bond motifs is 1. The molecule has 0 radical (unpaired) electrons. The number of carbonyl (C=O) groups excluding carboxylic acids is 2. The molecule has 0 spiro atoms. The van der Waals surface area contributed by atoms with Gasteiger partial charge in [0, 0.05) is 37.2 Å². The molecule has 0 unspecified atom stereocenters. The van der Waals surface area contributed by atoms with Crippen molar-refractivity contribution in [2.45, 2.75) is 19.3 Å². The van der Waals surface area contributed by atoms with Gasteiger partial charge < -0.3 is 10.2 Å². The zero-order valence-electron chi connectivity index (χ0n) is 16.5. The molecule has 0 saturated carbocycles. The molecule has 3 aromatic carbocycles. The number of hydrogen-bond donors (Lipinski definition) is 1. The third-order valence-electron chi connectivity index (χ3n) is 5.49. The van der Waals surface area contributed by atoms with Gasteiger partial charge in [0.1, 0.15) is 0 Å². The van der Waals surface area contributed by atoms with Crippen molar-refractivity contribution in [3.05, 3.63) is 101 Å². The Morgan fingerprint density at radius 2 is 1.55 bits per heavy atom. The molecule has 29 heavy (non-hydrogen) atoms. The molecule has 1 heterocycles. The Kier molecular flexibility index (Phi) is 5.43. The van der Waals surface area contributed by atoms with E-state index in [9.17, 15) is 9.59 Å². The molecule has 1 aliphatic rings. The van der Waals surface area contributed by atoms with Crippen LogP contribution in [0.3, 0.4) is 0 Å². The van der Waals surface area contributed by atoms with E-state index in [1.54, 1.807) is 17.9 Å². The SMILES string of the molecule is CC(=O)N1CCc2cc(C(=O)NCC(c3ccccc3)c3ccccc3)ccc21. The number of carbonyl (C=O) groups is 2. The zero-order valence-corrected chi connectivity index (χ0v) is 16.5. The van der Waals surface area contributed by atoms with E-state index in [1.807, 2.05) is 48.5 Å². The first-order chi connectivity index (χ1) is 14.1. The molecule has 4 nitrogen and oxygen atoms in total. The number of anilines is 1. The van der Waals surface area contributed by atoms with E-state index in [0.29, 0.717) is 18.7 Å². The predicted molar refractivity (Wildman–Crippen MR) is 115 cm³/mol. The average Bonchev–Trinajstić information content (AvgIpc) is 3.19. The van der Waals surface area contributed by atoms with Gasteiger partial charge in [-0.1, -0.05) is 60.7 Å². The summed E-state index contributed by atoms with van der Waals surface area (Å²) in [5.74, 6) is 0.0319. The second-order valence-electron chi connectivity index (χ2n) is 7.35. The van der Waals surface area contributed by atoms with Gasteiger partial charge in [-0.15, -0.1) is 0 Å². The summed E-state index contributed by atoms with van der Waals surface area (Å²) < 4.78 is 0. The minimum Gasteiger partial charge on any atom is -0.351 e. The summed E-state index contributed by atoms with van der Waals surface area (Å²) in [6.45, 7) is 2.77. The van der Waals surface area contributed by atoms with Crippen LogP contribution in [0.15, 0.2) is 78.9 Å². The van der Waals surface area contributed by atoms with Crippen molar-refractivity contribution < 1.29 is 9.59 Å². The fourth-order valence-electron chi connectivity index (χ4n) is 3.97. The molecule has 0 fully saturated rings. The van der Waals surface area contributed by atoms with Crippen LogP contribution in [0, 0.1) is 0 Å². The molecule has 0 aromatic heterocycles. The first kappa shape index (κ1) is 18.9. The van der Waals surface area contributed by atoms with Gasteiger partial charge in [-0.25, -0.2) is 0 Å². The second kappa shape index (κ2) is 8.31. The Labute approximate surface area is 171 Å². The van der Waals surface area contributed by atoms with E-state index in [4.69, 9.17) is 0 Å². The van der Waals surface area contributed by atoms with Crippen LogP contribution in [0.4, 0.5) is 5.69 Å². The van der Waals surface area contributed by atoms with Crippen molar-refractivity contribution in [3.8, 4) is 0 Å². The zero-order chi connectivity index (χ0) is 20.2. The van der Waals surface area contributed by atoms with E-state index in [0.717, 1.165) is 17.7 Å². The quantitative estimate of drug-likeness (QED) is 0.718. The van der Waals surface area contributed by atoms with E-state index in [2.05, 4.69) is 29.6 Å². The molecule has 0 atom stereocenters. The average molecular weight is 384 g/mol. The smallest absolute Gasteiger partial charge is 0.251 e. The molecule has 1 aliphatic heterocycles. The van der Waals surface area contributed by atoms with Crippen LogP contribution >= 0.6 is 0 Å². The number of benzene rings is 3. The van der Waals surface area contributed by atoms with Crippen LogP contribution in [-0.4, -0.2) is 24.9 Å². The molecule has 0 saturated heterocycles. The van der Waals surface area contributed by atoms with Gasteiger partial charge in [0.25, 0.3) is 5.91 Å². The number of hydrogen-bond acceptors (Lipinski definition) is 2. The molecule has 3 aromatic rings. The van der Waals surface area contributed by atoms with Gasteiger partial charge in [0.15, 0.2) is 0 Å². The molecule has 1 N–H and O–H groups in total. The van der Waals surface area contributed by atoms with Gasteiger partial charge in [-0.2, -0.15) is 0 Å². The first-order valence-electron chi connectivity index (χ1n) is 9.92. The number of nitrogens with one attached hydrogen (secondary N) is 1. The predicted octanol–water partition coefficient (Wildman–Crippen LogP) is 4.16. The Bertz CT molecular complexity index is 976. The topological polar surface area (TPSA) is 49.4 Å². The number of amides is 2. The van der Waals surface area contributed by atoms with Crippen LogP contribution in [0.5, 0.6) is 0 Å². The lowest BCUT2D eigenvalue weighted by atomic mass is 9.91. The fourth-order valence-corrected chi connectivity index (χ4v) is 3.97. The van der Waals surface area contributed by atoms with Crippen LogP contribution in [0.1, 0.15) is 39.9 Å². The Hall–Kier alpha value is -3.40. The maximum Gasteiger partial charge on any atom is 0.251 e. The molecule has 4 heteroatoms. The lowest BCUT2D eigenvalue weighted by Crippen LogP contribution is -2.29. The lowest BCUT2D eigenvalue weighted by Gasteiger charge is -2.19. The number of rotatable bonds is 5. The largest absolute Gasteiger partial charge is 0.351 e. The highest BCUT2D eigenvalue weighted by Crippen LogP contribution is 2.29. The molecule has 4 rings (SSSR count). The summed E-state index contributed by atoms with van der Waals surface area (Å²) in [5.41, 5.74) is 4.94. The van der Waals surface area contributed by atoms with Crippen molar-refractivity contribution in [1.82, 2.24) is 5.32 Å². The highest BCUT2D eigenvalue weighted by atomic mass is 16.2. The van der Waals surface area contributed by atoms with E-state index in [-0.39, 0.29) is 17.7 Å². The molecule has 0 aliphatic carbocycles. The fraction of sp³-hybridized carbons (Fsp3) is 0.200. The monoisotopic (exact) mass is 384 g/mol. The van der Waals surface area contributed by atoms with E-state index < -0.39 is 0 Å². The van der Waals surface area contributed by atoms with Crippen LogP contribution < -0.4 is 10.2 Å². The van der Waals surface area contributed by atoms with Gasteiger partial charge in [0.2, 0.25) is 5.91 Å². The van der Waals surface area contributed by atoms with Gasteiger partial charge in [-0.3, -0.25) is 9.59 Å². The minimum atomic E-state index is -0.0917. The summed E-state index contributed by atoms with van der Waals surface area (Å²) in [4.78, 5) is 26.3. The summed E-state index contributed by atoms with van der Waals surface area (Å²) >= 11 is 0.